The van der Waals surface area contributed by atoms with Crippen molar-refractivity contribution in [1.82, 2.24) is 14.0 Å². The summed E-state index contributed by atoms with van der Waals surface area (Å²) >= 11 is 0. The highest BCUT2D eigenvalue weighted by molar-refractivity contribution is 6.01. The summed E-state index contributed by atoms with van der Waals surface area (Å²) in [5.41, 5.74) is 5.71. The first kappa shape index (κ1) is 17.2. The fourth-order valence-electron chi connectivity index (χ4n) is 2.96. The molecule has 0 atom stereocenters. The van der Waals surface area contributed by atoms with Crippen LogP contribution in [0.1, 0.15) is 28.8 Å². The van der Waals surface area contributed by atoms with Gasteiger partial charge in [-0.1, -0.05) is 30.3 Å². The van der Waals surface area contributed by atoms with Gasteiger partial charge in [-0.3, -0.25) is 23.6 Å². The number of rotatable bonds is 6. The van der Waals surface area contributed by atoms with Crippen molar-refractivity contribution in [2.45, 2.75) is 25.4 Å². The third kappa shape index (κ3) is 3.41. The molecule has 1 aromatic heterocycles. The molecule has 132 valence electrons. The van der Waals surface area contributed by atoms with Crippen LogP contribution < -0.4 is 17.0 Å². The van der Waals surface area contributed by atoms with E-state index >= 15 is 0 Å². The largest absolute Gasteiger partial charge is 0.384 e. The van der Waals surface area contributed by atoms with Gasteiger partial charge in [0.1, 0.15) is 11.4 Å². The van der Waals surface area contributed by atoms with E-state index in [9.17, 15) is 14.4 Å². The highest BCUT2D eigenvalue weighted by Gasteiger charge is 2.32. The predicted octanol–water partition coefficient (Wildman–Crippen LogP) is 0.514. The highest BCUT2D eigenvalue weighted by atomic mass is 16.2. The predicted molar refractivity (Wildman–Crippen MR) is 95.5 cm³/mol. The van der Waals surface area contributed by atoms with Gasteiger partial charge >= 0.3 is 5.69 Å². The Kier molecular flexibility index (Phi) is 4.59. The number of nitrogens with two attached hydrogens (primary N) is 1. The lowest BCUT2D eigenvalue weighted by Gasteiger charge is -2.21. The number of carbonyl (C=O) groups excluding carboxylic acids is 1. The quantitative estimate of drug-likeness (QED) is 0.773. The van der Waals surface area contributed by atoms with E-state index in [-0.39, 0.29) is 23.7 Å². The van der Waals surface area contributed by atoms with Crippen molar-refractivity contribution in [2.24, 2.45) is 14.1 Å². The lowest BCUT2D eigenvalue weighted by Crippen LogP contribution is -2.43. The first-order valence-corrected chi connectivity index (χ1v) is 8.26. The standard InChI is InChI=1S/C18H22N4O3/c1-20-16(19)15(17(24)21(2)18(20)25)14(23)11-22(13-8-9-13)10-12-6-4-3-5-7-12/h3-7,13H,8-11,19H2,1-2H3. The molecule has 0 saturated heterocycles. The van der Waals surface area contributed by atoms with Gasteiger partial charge in [-0.05, 0) is 18.4 Å². The molecule has 0 unspecified atom stereocenters. The third-order valence-corrected chi connectivity index (χ3v) is 4.63. The summed E-state index contributed by atoms with van der Waals surface area (Å²) in [5.74, 6) is -0.426. The highest BCUT2D eigenvalue weighted by Crippen LogP contribution is 2.28. The molecule has 2 aromatic rings. The molecule has 0 aliphatic heterocycles. The Morgan fingerprint density at radius 2 is 1.80 bits per heavy atom. The van der Waals surface area contributed by atoms with Crippen LogP contribution in [0.15, 0.2) is 39.9 Å². The zero-order valence-electron chi connectivity index (χ0n) is 14.4. The summed E-state index contributed by atoms with van der Waals surface area (Å²) < 4.78 is 2.05. The van der Waals surface area contributed by atoms with Crippen LogP contribution in [-0.2, 0) is 20.6 Å². The summed E-state index contributed by atoms with van der Waals surface area (Å²) in [4.78, 5) is 39.1. The molecule has 2 N–H and O–H groups in total. The monoisotopic (exact) mass is 342 g/mol. The second-order valence-electron chi connectivity index (χ2n) is 6.51. The van der Waals surface area contributed by atoms with Crippen LogP contribution in [0, 0.1) is 0 Å². The van der Waals surface area contributed by atoms with E-state index in [4.69, 9.17) is 5.73 Å². The molecule has 0 bridgehead atoms. The van der Waals surface area contributed by atoms with E-state index in [0.29, 0.717) is 12.6 Å². The number of benzene rings is 1. The van der Waals surface area contributed by atoms with Gasteiger partial charge in [-0.15, -0.1) is 0 Å². The van der Waals surface area contributed by atoms with Crippen LogP contribution in [-0.4, -0.2) is 32.4 Å². The van der Waals surface area contributed by atoms with Crippen molar-refractivity contribution < 1.29 is 4.79 Å². The Morgan fingerprint density at radius 3 is 2.40 bits per heavy atom. The maximum atomic E-state index is 12.8. The van der Waals surface area contributed by atoms with Crippen LogP contribution in [0.3, 0.4) is 0 Å². The number of Topliss-reactive ketones (excluding diaryl/α,β-unsaturated/α-hetero) is 1. The minimum atomic E-state index is -0.638. The summed E-state index contributed by atoms with van der Waals surface area (Å²) in [6.45, 7) is 0.750. The van der Waals surface area contributed by atoms with Crippen molar-refractivity contribution in [3.63, 3.8) is 0 Å². The minimum absolute atomic E-state index is 0.0754. The molecular weight excluding hydrogens is 320 g/mol. The second kappa shape index (κ2) is 6.68. The van der Waals surface area contributed by atoms with Gasteiger partial charge in [0.25, 0.3) is 5.56 Å². The van der Waals surface area contributed by atoms with Gasteiger partial charge in [-0.2, -0.15) is 0 Å². The van der Waals surface area contributed by atoms with Gasteiger partial charge < -0.3 is 5.73 Å². The van der Waals surface area contributed by atoms with E-state index in [1.165, 1.54) is 14.1 Å². The third-order valence-electron chi connectivity index (χ3n) is 4.63. The van der Waals surface area contributed by atoms with E-state index in [0.717, 1.165) is 27.5 Å². The maximum Gasteiger partial charge on any atom is 0.332 e. The van der Waals surface area contributed by atoms with Crippen molar-refractivity contribution in [3.8, 4) is 0 Å². The number of carbonyl (C=O) groups is 1. The van der Waals surface area contributed by atoms with Crippen LogP contribution in [0.4, 0.5) is 5.82 Å². The molecule has 3 rings (SSSR count). The second-order valence-corrected chi connectivity index (χ2v) is 6.51. The number of nitrogens with zero attached hydrogens (tertiary/aromatic N) is 3. The first-order chi connectivity index (χ1) is 11.9. The van der Waals surface area contributed by atoms with Crippen LogP contribution in [0.25, 0.3) is 0 Å². The van der Waals surface area contributed by atoms with Gasteiger partial charge in [0.05, 0.1) is 6.54 Å². The Morgan fingerprint density at radius 1 is 1.16 bits per heavy atom. The number of aromatic nitrogens is 2. The molecule has 1 aliphatic rings. The molecule has 1 saturated carbocycles. The van der Waals surface area contributed by atoms with Crippen LogP contribution >= 0.6 is 0 Å². The SMILES string of the molecule is Cn1c(N)c(C(=O)CN(Cc2ccccc2)C2CC2)c(=O)n(C)c1=O. The Bertz CT molecular complexity index is 910. The molecule has 1 heterocycles. The van der Waals surface area contributed by atoms with Crippen molar-refractivity contribution in [2.75, 3.05) is 12.3 Å². The molecule has 25 heavy (non-hydrogen) atoms. The maximum absolute atomic E-state index is 12.8. The van der Waals surface area contributed by atoms with Crippen LogP contribution in [0.5, 0.6) is 0 Å². The Balaban J connectivity index is 1.88. The molecule has 0 amide bonds. The fourth-order valence-corrected chi connectivity index (χ4v) is 2.96. The number of ketones is 1. The van der Waals surface area contributed by atoms with Crippen molar-refractivity contribution in [3.05, 3.63) is 62.3 Å². The van der Waals surface area contributed by atoms with Crippen LogP contribution in [0.2, 0.25) is 0 Å². The van der Waals surface area contributed by atoms with E-state index in [2.05, 4.69) is 4.90 Å². The molecule has 1 aliphatic carbocycles. The van der Waals surface area contributed by atoms with Gasteiger partial charge in [0.2, 0.25) is 0 Å². The average molecular weight is 342 g/mol. The zero-order chi connectivity index (χ0) is 18.1. The summed E-state index contributed by atoms with van der Waals surface area (Å²) in [7, 11) is 2.81. The number of hydrogen-bond acceptors (Lipinski definition) is 5. The molecule has 0 radical (unpaired) electrons. The summed E-state index contributed by atoms with van der Waals surface area (Å²) in [5, 5.41) is 0. The van der Waals surface area contributed by atoms with Crippen molar-refractivity contribution in [1.29, 1.82) is 0 Å². The summed E-state index contributed by atoms with van der Waals surface area (Å²) in [6.07, 6.45) is 2.09. The first-order valence-electron chi connectivity index (χ1n) is 8.26. The van der Waals surface area contributed by atoms with Crippen molar-refractivity contribution >= 4 is 11.6 Å². The Labute approximate surface area is 145 Å². The lowest BCUT2D eigenvalue weighted by atomic mass is 10.1. The average Bonchev–Trinajstić information content (AvgIpc) is 3.44. The van der Waals surface area contributed by atoms with Gasteiger partial charge in [-0.25, -0.2) is 4.79 Å². The number of nitrogen functional groups attached to an aromatic ring is 1. The fraction of sp³-hybridized carbons (Fsp3) is 0.389. The molecule has 1 fully saturated rings. The normalized spacial score (nSPS) is 14.0. The van der Waals surface area contributed by atoms with Gasteiger partial charge in [0.15, 0.2) is 5.78 Å². The molecule has 7 nitrogen and oxygen atoms in total. The lowest BCUT2D eigenvalue weighted by molar-refractivity contribution is 0.0917. The minimum Gasteiger partial charge on any atom is -0.384 e. The topological polar surface area (TPSA) is 90.3 Å². The molecular formula is C18H22N4O3. The molecule has 7 heteroatoms. The molecule has 1 aromatic carbocycles. The Hall–Kier alpha value is -2.67. The van der Waals surface area contributed by atoms with Gasteiger partial charge in [0, 0.05) is 26.7 Å². The number of anilines is 1. The zero-order valence-corrected chi connectivity index (χ0v) is 14.4. The smallest absolute Gasteiger partial charge is 0.332 e. The molecule has 0 spiro atoms. The summed E-state index contributed by atoms with van der Waals surface area (Å²) in [6, 6.07) is 10.2. The number of hydrogen-bond donors (Lipinski definition) is 1. The van der Waals surface area contributed by atoms with E-state index < -0.39 is 11.2 Å². The van der Waals surface area contributed by atoms with E-state index in [1.54, 1.807) is 0 Å². The van der Waals surface area contributed by atoms with E-state index in [1.807, 2.05) is 30.3 Å².